The van der Waals surface area contributed by atoms with Gasteiger partial charge in [0.1, 0.15) is 0 Å². The largest absolute Gasteiger partial charge is 0.478 e. The highest BCUT2D eigenvalue weighted by Gasteiger charge is 2.13. The van der Waals surface area contributed by atoms with E-state index in [0.29, 0.717) is 5.39 Å². The minimum atomic E-state index is -1.16. The number of nitrogens with zero attached hydrogens (tertiary/aromatic N) is 2. The van der Waals surface area contributed by atoms with Crippen molar-refractivity contribution in [2.24, 2.45) is 0 Å². The Kier molecular flexibility index (Phi) is 1.51. The van der Waals surface area contributed by atoms with Crippen LogP contribution in [0.3, 0.4) is 0 Å². The van der Waals surface area contributed by atoms with E-state index in [1.54, 1.807) is 6.07 Å². The first-order valence-corrected chi connectivity index (χ1v) is 3.55. The number of carboxylic acids is 1. The van der Waals surface area contributed by atoms with E-state index in [2.05, 4.69) is 4.98 Å². The molecule has 0 aliphatic carbocycles. The SMILES string of the molecule is O=C(O)c1cn(F)c2ncccc12. The minimum Gasteiger partial charge on any atom is -0.478 e. The predicted molar refractivity (Wildman–Crippen MR) is 43.2 cm³/mol. The lowest BCUT2D eigenvalue weighted by Gasteiger charge is -1.89. The first kappa shape index (κ1) is 7.72. The monoisotopic (exact) mass is 180 g/mol. The molecule has 0 fully saturated rings. The van der Waals surface area contributed by atoms with Crippen LogP contribution < -0.4 is 0 Å². The van der Waals surface area contributed by atoms with Gasteiger partial charge in [0.05, 0.1) is 11.8 Å². The lowest BCUT2D eigenvalue weighted by molar-refractivity contribution is 0.0698. The van der Waals surface area contributed by atoms with Crippen LogP contribution >= 0.6 is 0 Å². The standard InChI is InChI=1S/C8H5FN2O2/c9-11-4-6(8(12)13)5-2-1-3-10-7(5)11/h1-4H,(H,12,13). The molecule has 0 aliphatic heterocycles. The van der Waals surface area contributed by atoms with Gasteiger partial charge in [-0.1, -0.05) is 4.48 Å². The summed E-state index contributed by atoms with van der Waals surface area (Å²) in [5.41, 5.74) is -0.0505. The number of aromatic nitrogens is 2. The molecule has 0 saturated carbocycles. The summed E-state index contributed by atoms with van der Waals surface area (Å²) >= 11 is 0. The van der Waals surface area contributed by atoms with Crippen LogP contribution in [-0.4, -0.2) is 20.8 Å². The summed E-state index contributed by atoms with van der Waals surface area (Å²) in [7, 11) is 0. The maximum Gasteiger partial charge on any atom is 0.338 e. The summed E-state index contributed by atoms with van der Waals surface area (Å²) in [5, 5.41) is 8.99. The Morgan fingerprint density at radius 3 is 3.08 bits per heavy atom. The van der Waals surface area contributed by atoms with Gasteiger partial charge in [0, 0.05) is 11.6 Å². The summed E-state index contributed by atoms with van der Waals surface area (Å²) in [5.74, 6) is -1.16. The van der Waals surface area contributed by atoms with Crippen LogP contribution in [-0.2, 0) is 0 Å². The summed E-state index contributed by atoms with van der Waals surface area (Å²) < 4.78 is 13.0. The third-order valence-corrected chi connectivity index (χ3v) is 1.75. The molecule has 0 amide bonds. The third kappa shape index (κ3) is 1.05. The van der Waals surface area contributed by atoms with Crippen molar-refractivity contribution >= 4 is 17.0 Å². The first-order chi connectivity index (χ1) is 6.20. The van der Waals surface area contributed by atoms with E-state index < -0.39 is 5.97 Å². The molecular weight excluding hydrogens is 175 g/mol. The van der Waals surface area contributed by atoms with Crippen molar-refractivity contribution < 1.29 is 14.4 Å². The molecule has 2 aromatic rings. The van der Waals surface area contributed by atoms with E-state index >= 15 is 0 Å². The second-order valence-corrected chi connectivity index (χ2v) is 2.53. The molecule has 0 unspecified atom stereocenters. The highest BCUT2D eigenvalue weighted by Crippen LogP contribution is 2.18. The summed E-state index contributed by atoms with van der Waals surface area (Å²) in [6.45, 7) is 0. The summed E-state index contributed by atoms with van der Waals surface area (Å²) in [6.07, 6.45) is 2.31. The van der Waals surface area contributed by atoms with Crippen molar-refractivity contribution in [1.29, 1.82) is 0 Å². The molecule has 2 heterocycles. The van der Waals surface area contributed by atoms with Gasteiger partial charge in [-0.05, 0) is 12.1 Å². The van der Waals surface area contributed by atoms with Crippen LogP contribution in [0.1, 0.15) is 10.4 Å². The fourth-order valence-electron chi connectivity index (χ4n) is 1.19. The number of hydrogen-bond donors (Lipinski definition) is 1. The Balaban J connectivity index is 2.85. The fraction of sp³-hybridized carbons (Fsp3) is 0. The highest BCUT2D eigenvalue weighted by atomic mass is 19.2. The van der Waals surface area contributed by atoms with Crippen LogP contribution in [0.4, 0.5) is 4.48 Å². The summed E-state index contributed by atoms with van der Waals surface area (Å²) in [6, 6.07) is 3.08. The fourth-order valence-corrected chi connectivity index (χ4v) is 1.19. The molecule has 4 nitrogen and oxygen atoms in total. The molecule has 5 heteroatoms. The molecule has 66 valence electrons. The molecule has 13 heavy (non-hydrogen) atoms. The number of fused-ring (bicyclic) bond motifs is 1. The zero-order valence-electron chi connectivity index (χ0n) is 6.44. The molecule has 0 aliphatic rings. The highest BCUT2D eigenvalue weighted by molar-refractivity contribution is 6.02. The van der Waals surface area contributed by atoms with Gasteiger partial charge in [-0.2, -0.15) is 4.79 Å². The normalized spacial score (nSPS) is 10.5. The van der Waals surface area contributed by atoms with Crippen molar-refractivity contribution in [3.05, 3.63) is 30.1 Å². The predicted octanol–water partition coefficient (Wildman–Crippen LogP) is 1.47. The van der Waals surface area contributed by atoms with Crippen LogP contribution in [0.5, 0.6) is 0 Å². The molecule has 2 rings (SSSR count). The maximum absolute atomic E-state index is 13.0. The summed E-state index contributed by atoms with van der Waals surface area (Å²) in [4.78, 5) is 14.5. The minimum absolute atomic E-state index is 0.0277. The Morgan fingerprint density at radius 2 is 2.38 bits per heavy atom. The molecule has 1 N–H and O–H groups in total. The van der Waals surface area contributed by atoms with Crippen molar-refractivity contribution in [2.75, 3.05) is 0 Å². The van der Waals surface area contributed by atoms with E-state index in [1.165, 1.54) is 12.3 Å². The molecule has 0 bridgehead atoms. The van der Waals surface area contributed by atoms with E-state index in [1.807, 2.05) is 0 Å². The number of aromatic carboxylic acids is 1. The number of halogens is 1. The number of pyridine rings is 1. The van der Waals surface area contributed by atoms with E-state index in [4.69, 9.17) is 5.11 Å². The van der Waals surface area contributed by atoms with Crippen molar-refractivity contribution in [3.63, 3.8) is 0 Å². The van der Waals surface area contributed by atoms with Gasteiger partial charge < -0.3 is 5.11 Å². The van der Waals surface area contributed by atoms with Crippen LogP contribution in [0, 0.1) is 0 Å². The second-order valence-electron chi connectivity index (χ2n) is 2.53. The molecule has 0 radical (unpaired) electrons. The lowest BCUT2D eigenvalue weighted by atomic mass is 10.2. The Bertz CT molecular complexity index is 478. The molecule has 0 atom stereocenters. The van der Waals surface area contributed by atoms with Crippen molar-refractivity contribution in [1.82, 2.24) is 9.77 Å². The van der Waals surface area contributed by atoms with Crippen LogP contribution in [0.15, 0.2) is 24.5 Å². The van der Waals surface area contributed by atoms with Gasteiger partial charge in [0.25, 0.3) is 0 Å². The molecule has 0 aromatic carbocycles. The Hall–Kier alpha value is -1.91. The average Bonchev–Trinajstić information content (AvgIpc) is 2.45. The van der Waals surface area contributed by atoms with E-state index in [9.17, 15) is 9.28 Å². The number of carbonyl (C=O) groups is 1. The van der Waals surface area contributed by atoms with E-state index in [-0.39, 0.29) is 16.0 Å². The molecule has 0 saturated heterocycles. The topological polar surface area (TPSA) is 55.1 Å². The lowest BCUT2D eigenvalue weighted by Crippen LogP contribution is -1.93. The van der Waals surface area contributed by atoms with Crippen LogP contribution in [0.2, 0.25) is 0 Å². The third-order valence-electron chi connectivity index (χ3n) is 1.75. The van der Waals surface area contributed by atoms with E-state index in [0.717, 1.165) is 6.20 Å². The van der Waals surface area contributed by atoms with Gasteiger partial charge in [0.2, 0.25) is 0 Å². The smallest absolute Gasteiger partial charge is 0.338 e. The van der Waals surface area contributed by atoms with Gasteiger partial charge in [0.15, 0.2) is 5.65 Å². The van der Waals surface area contributed by atoms with Gasteiger partial charge in [-0.25, -0.2) is 9.78 Å². The Morgan fingerprint density at radius 1 is 1.62 bits per heavy atom. The second kappa shape index (κ2) is 2.55. The molecule has 0 spiro atoms. The maximum atomic E-state index is 13.0. The van der Waals surface area contributed by atoms with Crippen molar-refractivity contribution in [3.8, 4) is 0 Å². The number of hydrogen-bond acceptors (Lipinski definition) is 2. The zero-order valence-corrected chi connectivity index (χ0v) is 6.44. The average molecular weight is 180 g/mol. The van der Waals surface area contributed by atoms with Gasteiger partial charge >= 0.3 is 5.97 Å². The Labute approximate surface area is 72.2 Å². The van der Waals surface area contributed by atoms with Gasteiger partial charge in [-0.15, -0.1) is 0 Å². The van der Waals surface area contributed by atoms with Crippen molar-refractivity contribution in [2.45, 2.75) is 0 Å². The molecule has 2 aromatic heterocycles. The zero-order chi connectivity index (χ0) is 9.42. The quantitative estimate of drug-likeness (QED) is 0.722. The first-order valence-electron chi connectivity index (χ1n) is 3.55. The number of rotatable bonds is 1. The number of carboxylic acid groups (broad SMARTS) is 1. The van der Waals surface area contributed by atoms with Gasteiger partial charge in [-0.3, -0.25) is 0 Å². The van der Waals surface area contributed by atoms with Crippen LogP contribution in [0.25, 0.3) is 11.0 Å². The molecular formula is C8H5FN2O2.